The zero-order chi connectivity index (χ0) is 14.2. The van der Waals surface area contributed by atoms with Crippen molar-refractivity contribution in [2.24, 2.45) is 0 Å². The molecular formula is C14H21N3O2. The molecule has 0 atom stereocenters. The van der Waals surface area contributed by atoms with Crippen LogP contribution in [0.25, 0.3) is 0 Å². The van der Waals surface area contributed by atoms with Crippen LogP contribution in [0.2, 0.25) is 0 Å². The van der Waals surface area contributed by atoms with Crippen LogP contribution in [0.4, 0.5) is 11.4 Å². The number of nitrogens with zero attached hydrogens (tertiary/aromatic N) is 2. The van der Waals surface area contributed by atoms with Crippen molar-refractivity contribution in [3.8, 4) is 5.75 Å². The molecule has 2 rings (SSSR count). The molecule has 5 heteroatoms. The third-order valence-electron chi connectivity index (χ3n) is 3.20. The number of hydrogen-bond acceptors (Lipinski definition) is 4. The largest absolute Gasteiger partial charge is 0.476 e. The van der Waals surface area contributed by atoms with Gasteiger partial charge in [-0.2, -0.15) is 0 Å². The van der Waals surface area contributed by atoms with Crippen LogP contribution in [0.1, 0.15) is 13.8 Å². The first-order chi connectivity index (χ1) is 8.83. The Labute approximate surface area is 113 Å². The molecule has 1 aromatic carbocycles. The Kier molecular flexibility index (Phi) is 3.41. The van der Waals surface area contributed by atoms with Gasteiger partial charge in [-0.25, -0.2) is 0 Å². The van der Waals surface area contributed by atoms with Crippen LogP contribution in [-0.2, 0) is 4.79 Å². The minimum absolute atomic E-state index is 0.0558. The first-order valence-electron chi connectivity index (χ1n) is 6.37. The average molecular weight is 263 g/mol. The van der Waals surface area contributed by atoms with Crippen molar-refractivity contribution in [2.45, 2.75) is 19.4 Å². The quantitative estimate of drug-likeness (QED) is 0.836. The summed E-state index contributed by atoms with van der Waals surface area (Å²) in [5.41, 5.74) is 6.41. The molecule has 0 bridgehead atoms. The number of para-hydroxylation sites is 1. The molecule has 1 heterocycles. The number of nitrogens with two attached hydrogens (primary N) is 1. The Morgan fingerprint density at radius 3 is 2.68 bits per heavy atom. The maximum absolute atomic E-state index is 12.5. The van der Waals surface area contributed by atoms with Crippen LogP contribution in [0.15, 0.2) is 18.2 Å². The SMILES string of the molecule is CN(C)CCN1C(=O)C(C)(C)Oc2cccc(N)c21. The monoisotopic (exact) mass is 263 g/mol. The Morgan fingerprint density at radius 2 is 2.05 bits per heavy atom. The van der Waals surface area contributed by atoms with Crippen LogP contribution in [0.3, 0.4) is 0 Å². The predicted octanol–water partition coefficient (Wildman–Crippen LogP) is 1.33. The Morgan fingerprint density at radius 1 is 1.37 bits per heavy atom. The molecule has 0 saturated carbocycles. The molecule has 1 aliphatic heterocycles. The molecule has 0 aliphatic carbocycles. The maximum atomic E-state index is 12.5. The lowest BCUT2D eigenvalue weighted by Crippen LogP contribution is -2.54. The molecule has 0 fully saturated rings. The minimum Gasteiger partial charge on any atom is -0.476 e. The summed E-state index contributed by atoms with van der Waals surface area (Å²) >= 11 is 0. The summed E-state index contributed by atoms with van der Waals surface area (Å²) in [5, 5.41) is 0. The smallest absolute Gasteiger partial charge is 0.270 e. The zero-order valence-corrected chi connectivity index (χ0v) is 11.9. The third kappa shape index (κ3) is 2.51. The summed E-state index contributed by atoms with van der Waals surface area (Å²) in [6.07, 6.45) is 0. The van der Waals surface area contributed by atoms with Crippen LogP contribution in [0, 0.1) is 0 Å². The van der Waals surface area contributed by atoms with E-state index in [2.05, 4.69) is 0 Å². The lowest BCUT2D eigenvalue weighted by molar-refractivity contribution is -0.132. The molecule has 0 unspecified atom stereocenters. The number of carbonyl (C=O) groups is 1. The van der Waals surface area contributed by atoms with E-state index < -0.39 is 5.60 Å². The fraction of sp³-hybridized carbons (Fsp3) is 0.500. The van der Waals surface area contributed by atoms with E-state index in [-0.39, 0.29) is 5.91 Å². The number of rotatable bonds is 3. The standard InChI is InChI=1S/C14H21N3O2/c1-14(2)13(18)17(9-8-16(3)4)12-10(15)6-5-7-11(12)19-14/h5-7H,8-9,15H2,1-4H3. The highest BCUT2D eigenvalue weighted by Crippen LogP contribution is 2.41. The van der Waals surface area contributed by atoms with Crippen molar-refractivity contribution in [1.29, 1.82) is 0 Å². The van der Waals surface area contributed by atoms with Crippen LogP contribution in [-0.4, -0.2) is 43.6 Å². The van der Waals surface area contributed by atoms with Gasteiger partial charge in [0.05, 0.1) is 5.69 Å². The van der Waals surface area contributed by atoms with E-state index in [1.807, 2.05) is 31.1 Å². The second-order valence-corrected chi connectivity index (χ2v) is 5.57. The van der Waals surface area contributed by atoms with E-state index in [4.69, 9.17) is 10.5 Å². The highest BCUT2D eigenvalue weighted by atomic mass is 16.5. The van der Waals surface area contributed by atoms with E-state index in [0.29, 0.717) is 23.7 Å². The molecule has 1 amide bonds. The molecule has 19 heavy (non-hydrogen) atoms. The van der Waals surface area contributed by atoms with Gasteiger partial charge in [0.1, 0.15) is 11.4 Å². The summed E-state index contributed by atoms with van der Waals surface area (Å²) in [6.45, 7) is 4.93. The number of carbonyl (C=O) groups excluding carboxylic acids is 1. The van der Waals surface area contributed by atoms with Gasteiger partial charge in [-0.05, 0) is 40.1 Å². The molecular weight excluding hydrogens is 242 g/mol. The van der Waals surface area contributed by atoms with Gasteiger partial charge < -0.3 is 20.3 Å². The predicted molar refractivity (Wildman–Crippen MR) is 76.5 cm³/mol. The number of fused-ring (bicyclic) bond motifs is 1. The van der Waals surface area contributed by atoms with E-state index in [9.17, 15) is 4.79 Å². The second-order valence-electron chi connectivity index (χ2n) is 5.57. The van der Waals surface area contributed by atoms with Crippen molar-refractivity contribution < 1.29 is 9.53 Å². The van der Waals surface area contributed by atoms with Crippen LogP contribution >= 0.6 is 0 Å². The average Bonchev–Trinajstić information content (AvgIpc) is 2.30. The lowest BCUT2D eigenvalue weighted by atomic mass is 10.0. The van der Waals surface area contributed by atoms with Gasteiger partial charge in [0.25, 0.3) is 5.91 Å². The van der Waals surface area contributed by atoms with Gasteiger partial charge in [0.2, 0.25) is 0 Å². The van der Waals surface area contributed by atoms with Gasteiger partial charge in [0, 0.05) is 13.1 Å². The number of anilines is 2. The van der Waals surface area contributed by atoms with Gasteiger partial charge >= 0.3 is 0 Å². The third-order valence-corrected chi connectivity index (χ3v) is 3.20. The summed E-state index contributed by atoms with van der Waals surface area (Å²) < 4.78 is 5.76. The van der Waals surface area contributed by atoms with Gasteiger partial charge in [-0.3, -0.25) is 4.79 Å². The summed E-state index contributed by atoms with van der Waals surface area (Å²) in [5.74, 6) is 0.614. The topological polar surface area (TPSA) is 58.8 Å². The Hall–Kier alpha value is -1.75. The van der Waals surface area contributed by atoms with E-state index >= 15 is 0 Å². The van der Waals surface area contributed by atoms with Crippen molar-refractivity contribution in [3.05, 3.63) is 18.2 Å². The first-order valence-corrected chi connectivity index (χ1v) is 6.37. The second kappa shape index (κ2) is 4.74. The molecule has 0 saturated heterocycles. The summed E-state index contributed by atoms with van der Waals surface area (Å²) in [6, 6.07) is 5.48. The summed E-state index contributed by atoms with van der Waals surface area (Å²) in [7, 11) is 3.96. The molecule has 0 radical (unpaired) electrons. The highest BCUT2D eigenvalue weighted by molar-refractivity contribution is 6.05. The minimum atomic E-state index is -0.854. The number of likely N-dealkylation sites (N-methyl/N-ethyl adjacent to an activating group) is 1. The number of nitrogen functional groups attached to an aromatic ring is 1. The molecule has 104 valence electrons. The lowest BCUT2D eigenvalue weighted by Gasteiger charge is -2.39. The molecule has 2 N–H and O–H groups in total. The van der Waals surface area contributed by atoms with Gasteiger partial charge in [-0.15, -0.1) is 0 Å². The molecule has 0 aromatic heterocycles. The first kappa shape index (κ1) is 13.7. The summed E-state index contributed by atoms with van der Waals surface area (Å²) in [4.78, 5) is 16.3. The molecule has 5 nitrogen and oxygen atoms in total. The fourth-order valence-corrected chi connectivity index (χ4v) is 2.17. The van der Waals surface area contributed by atoms with Crippen molar-refractivity contribution in [3.63, 3.8) is 0 Å². The van der Waals surface area contributed by atoms with Crippen LogP contribution in [0.5, 0.6) is 5.75 Å². The van der Waals surface area contributed by atoms with Gasteiger partial charge in [0.15, 0.2) is 5.60 Å². The molecule has 1 aromatic rings. The van der Waals surface area contributed by atoms with Crippen LogP contribution < -0.4 is 15.4 Å². The normalized spacial score (nSPS) is 17.3. The van der Waals surface area contributed by atoms with Gasteiger partial charge in [-0.1, -0.05) is 6.07 Å². The van der Waals surface area contributed by atoms with Crippen molar-refractivity contribution >= 4 is 17.3 Å². The number of hydrogen-bond donors (Lipinski definition) is 1. The fourth-order valence-electron chi connectivity index (χ4n) is 2.17. The molecule has 1 aliphatic rings. The van der Waals surface area contributed by atoms with E-state index in [1.54, 1.807) is 24.8 Å². The van der Waals surface area contributed by atoms with E-state index in [0.717, 1.165) is 6.54 Å². The maximum Gasteiger partial charge on any atom is 0.270 e. The highest BCUT2D eigenvalue weighted by Gasteiger charge is 2.41. The number of ether oxygens (including phenoxy) is 1. The molecule has 0 spiro atoms. The van der Waals surface area contributed by atoms with E-state index in [1.165, 1.54) is 0 Å². The zero-order valence-electron chi connectivity index (χ0n) is 11.9. The Bertz CT molecular complexity index is 497. The Balaban J connectivity index is 2.42. The number of benzene rings is 1. The van der Waals surface area contributed by atoms with Crippen molar-refractivity contribution in [1.82, 2.24) is 4.90 Å². The van der Waals surface area contributed by atoms with Crippen molar-refractivity contribution in [2.75, 3.05) is 37.8 Å². The number of amides is 1.